The molecule has 0 unspecified atom stereocenters. The summed E-state index contributed by atoms with van der Waals surface area (Å²) in [7, 11) is 0. The fourth-order valence-electron chi connectivity index (χ4n) is 1.51. The summed E-state index contributed by atoms with van der Waals surface area (Å²) in [5, 5.41) is 21.2. The lowest BCUT2D eigenvalue weighted by Gasteiger charge is -2.18. The van der Waals surface area contributed by atoms with Gasteiger partial charge in [0.25, 0.3) is 0 Å². The monoisotopic (exact) mass is 335 g/mol. The second-order valence-corrected chi connectivity index (χ2v) is 5.00. The number of aromatic hydroxyl groups is 1. The molecule has 1 amide bonds. The van der Waals surface area contributed by atoms with Crippen LogP contribution < -0.4 is 5.32 Å². The standard InChI is InChI=1S/C11H11BrClNO4/c1-5(15)14-9(4-10(16)17)7-2-6(12)3-8(13)11(7)18/h2-3,9,18H,4H2,1H3,(H,14,15)(H,16,17)/t9-/m0/s1. The number of phenols is 1. The number of carbonyl (C=O) groups excluding carboxylic acids is 1. The maximum atomic E-state index is 11.1. The predicted molar refractivity (Wildman–Crippen MR) is 69.6 cm³/mol. The summed E-state index contributed by atoms with van der Waals surface area (Å²) < 4.78 is 0.584. The Bertz CT molecular complexity index is 476. The van der Waals surface area contributed by atoms with Crippen LogP contribution in [-0.4, -0.2) is 22.1 Å². The van der Waals surface area contributed by atoms with Gasteiger partial charge in [0.05, 0.1) is 17.5 Å². The molecule has 3 N–H and O–H groups in total. The number of rotatable bonds is 4. The Kier molecular flexibility index (Phi) is 4.98. The van der Waals surface area contributed by atoms with Gasteiger partial charge in [-0.3, -0.25) is 9.59 Å². The number of carboxylic acids is 1. The highest BCUT2D eigenvalue weighted by Crippen LogP contribution is 2.36. The molecular formula is C11H11BrClNO4. The third kappa shape index (κ3) is 3.89. The molecule has 0 saturated heterocycles. The summed E-state index contributed by atoms with van der Waals surface area (Å²) in [6.07, 6.45) is -0.347. The van der Waals surface area contributed by atoms with Crippen molar-refractivity contribution in [1.82, 2.24) is 5.32 Å². The molecular weight excluding hydrogens is 325 g/mol. The van der Waals surface area contributed by atoms with Crippen LogP contribution in [0, 0.1) is 0 Å². The topological polar surface area (TPSA) is 86.6 Å². The van der Waals surface area contributed by atoms with E-state index in [2.05, 4.69) is 21.2 Å². The minimum absolute atomic E-state index is 0.0834. The highest BCUT2D eigenvalue weighted by Gasteiger charge is 2.21. The van der Waals surface area contributed by atoms with Gasteiger partial charge >= 0.3 is 5.97 Å². The van der Waals surface area contributed by atoms with E-state index < -0.39 is 17.9 Å². The molecule has 0 aliphatic carbocycles. The lowest BCUT2D eigenvalue weighted by Crippen LogP contribution is -2.28. The van der Waals surface area contributed by atoms with E-state index in [1.807, 2.05) is 0 Å². The van der Waals surface area contributed by atoms with Crippen molar-refractivity contribution in [1.29, 1.82) is 0 Å². The average Bonchev–Trinajstić information content (AvgIpc) is 2.21. The quantitative estimate of drug-likeness (QED) is 0.788. The number of carbonyl (C=O) groups is 2. The van der Waals surface area contributed by atoms with Crippen LogP contribution in [0.1, 0.15) is 24.9 Å². The molecule has 0 aliphatic heterocycles. The number of benzene rings is 1. The summed E-state index contributed by atoms with van der Waals surface area (Å²) in [6.45, 7) is 1.27. The third-order valence-corrected chi connectivity index (χ3v) is 2.94. The van der Waals surface area contributed by atoms with Crippen molar-refractivity contribution in [3.05, 3.63) is 27.2 Å². The van der Waals surface area contributed by atoms with E-state index in [0.717, 1.165) is 0 Å². The van der Waals surface area contributed by atoms with Gasteiger partial charge in [-0.2, -0.15) is 0 Å². The van der Waals surface area contributed by atoms with Gasteiger partial charge in [0.2, 0.25) is 5.91 Å². The molecule has 1 aromatic rings. The van der Waals surface area contributed by atoms with Crippen LogP contribution in [0.15, 0.2) is 16.6 Å². The molecule has 1 rings (SSSR count). The highest BCUT2D eigenvalue weighted by atomic mass is 79.9. The molecule has 0 bridgehead atoms. The number of hydrogen-bond donors (Lipinski definition) is 3. The molecule has 18 heavy (non-hydrogen) atoms. The molecule has 0 saturated carbocycles. The molecule has 0 aromatic heterocycles. The largest absolute Gasteiger partial charge is 0.506 e. The van der Waals surface area contributed by atoms with Crippen molar-refractivity contribution in [2.24, 2.45) is 0 Å². The van der Waals surface area contributed by atoms with Gasteiger partial charge in [0.1, 0.15) is 5.75 Å². The zero-order chi connectivity index (χ0) is 13.9. The number of carboxylic acid groups (broad SMARTS) is 1. The van der Waals surface area contributed by atoms with Gasteiger partial charge in [0, 0.05) is 17.0 Å². The van der Waals surface area contributed by atoms with Gasteiger partial charge in [-0.05, 0) is 12.1 Å². The van der Waals surface area contributed by atoms with Gasteiger partial charge in [-0.15, -0.1) is 0 Å². The minimum atomic E-state index is -1.09. The third-order valence-electron chi connectivity index (χ3n) is 2.19. The maximum Gasteiger partial charge on any atom is 0.305 e. The van der Waals surface area contributed by atoms with Crippen LogP contribution in [0.25, 0.3) is 0 Å². The van der Waals surface area contributed by atoms with Gasteiger partial charge in [-0.25, -0.2) is 0 Å². The molecule has 0 spiro atoms. The normalized spacial score (nSPS) is 11.9. The zero-order valence-electron chi connectivity index (χ0n) is 9.41. The molecule has 0 aliphatic rings. The number of hydrogen-bond acceptors (Lipinski definition) is 3. The predicted octanol–water partition coefficient (Wildman–Crippen LogP) is 2.46. The summed E-state index contributed by atoms with van der Waals surface area (Å²) in [5.74, 6) is -1.72. The first-order valence-corrected chi connectivity index (χ1v) is 6.15. The van der Waals surface area contributed by atoms with E-state index in [0.29, 0.717) is 4.47 Å². The van der Waals surface area contributed by atoms with Gasteiger partial charge in [0.15, 0.2) is 0 Å². The fourth-order valence-corrected chi connectivity index (χ4v) is 2.34. The van der Waals surface area contributed by atoms with Crippen LogP contribution in [0.2, 0.25) is 5.02 Å². The smallest absolute Gasteiger partial charge is 0.305 e. The maximum absolute atomic E-state index is 11.1. The van der Waals surface area contributed by atoms with E-state index >= 15 is 0 Å². The summed E-state index contributed by atoms with van der Waals surface area (Å²) >= 11 is 8.99. The number of amides is 1. The first kappa shape index (κ1) is 14.8. The Balaban J connectivity index is 3.19. The van der Waals surface area contributed by atoms with Gasteiger partial charge in [-0.1, -0.05) is 27.5 Å². The molecule has 98 valence electrons. The first-order chi connectivity index (χ1) is 8.31. The summed E-state index contributed by atoms with van der Waals surface area (Å²) in [5.41, 5.74) is 0.256. The van der Waals surface area contributed by atoms with Crippen molar-refractivity contribution in [3.63, 3.8) is 0 Å². The summed E-state index contributed by atoms with van der Waals surface area (Å²) in [4.78, 5) is 21.8. The molecule has 5 nitrogen and oxygen atoms in total. The van der Waals surface area contributed by atoms with Crippen molar-refractivity contribution in [3.8, 4) is 5.75 Å². The van der Waals surface area contributed by atoms with Crippen LogP contribution in [0.4, 0.5) is 0 Å². The minimum Gasteiger partial charge on any atom is -0.506 e. The Labute approximate surface area is 117 Å². The molecule has 0 fully saturated rings. The molecule has 1 aromatic carbocycles. The van der Waals surface area contributed by atoms with E-state index in [9.17, 15) is 14.7 Å². The Morgan fingerprint density at radius 2 is 2.11 bits per heavy atom. The number of halogens is 2. The Morgan fingerprint density at radius 1 is 1.50 bits per heavy atom. The van der Waals surface area contributed by atoms with Crippen molar-refractivity contribution >= 4 is 39.4 Å². The van der Waals surface area contributed by atoms with Crippen LogP contribution in [0.3, 0.4) is 0 Å². The molecule has 1 atom stereocenters. The van der Waals surface area contributed by atoms with E-state index in [1.165, 1.54) is 19.1 Å². The van der Waals surface area contributed by atoms with Gasteiger partial charge < -0.3 is 15.5 Å². The van der Waals surface area contributed by atoms with E-state index in [4.69, 9.17) is 16.7 Å². The zero-order valence-corrected chi connectivity index (χ0v) is 11.7. The molecule has 0 heterocycles. The number of nitrogens with one attached hydrogen (secondary N) is 1. The van der Waals surface area contributed by atoms with E-state index in [-0.39, 0.29) is 22.8 Å². The lowest BCUT2D eigenvalue weighted by molar-refractivity contribution is -0.137. The van der Waals surface area contributed by atoms with Crippen LogP contribution >= 0.6 is 27.5 Å². The molecule has 7 heteroatoms. The van der Waals surface area contributed by atoms with E-state index in [1.54, 1.807) is 0 Å². The summed E-state index contributed by atoms with van der Waals surface area (Å²) in [6, 6.07) is 2.16. The van der Waals surface area contributed by atoms with Crippen LogP contribution in [-0.2, 0) is 9.59 Å². The van der Waals surface area contributed by atoms with Crippen LogP contribution in [0.5, 0.6) is 5.75 Å². The average molecular weight is 337 g/mol. The second kappa shape index (κ2) is 6.06. The highest BCUT2D eigenvalue weighted by molar-refractivity contribution is 9.10. The Hall–Kier alpha value is -1.27. The molecule has 0 radical (unpaired) electrons. The number of phenolic OH excluding ortho intramolecular Hbond substituents is 1. The van der Waals surface area contributed by atoms with Crippen molar-refractivity contribution in [2.75, 3.05) is 0 Å². The van der Waals surface area contributed by atoms with Crippen molar-refractivity contribution < 1.29 is 19.8 Å². The lowest BCUT2D eigenvalue weighted by atomic mass is 10.0. The van der Waals surface area contributed by atoms with Crippen molar-refractivity contribution in [2.45, 2.75) is 19.4 Å². The number of aliphatic carboxylic acids is 1. The SMILES string of the molecule is CC(=O)N[C@@H](CC(=O)O)c1cc(Br)cc(Cl)c1O. The fraction of sp³-hybridized carbons (Fsp3) is 0.273. The second-order valence-electron chi connectivity index (χ2n) is 3.68. The first-order valence-electron chi connectivity index (χ1n) is 4.98. The Morgan fingerprint density at radius 3 is 2.61 bits per heavy atom.